The number of carbonyl (C=O) groups is 1. The highest BCUT2D eigenvalue weighted by molar-refractivity contribution is 5.97. The van der Waals surface area contributed by atoms with Crippen LogP contribution in [0.5, 0.6) is 0 Å². The fraction of sp³-hybridized carbons (Fsp3) is 0.750. The molecule has 0 amide bonds. The highest BCUT2D eigenvalue weighted by atomic mass is 16.5. The first-order valence-electron chi connectivity index (χ1n) is 5.35. The summed E-state index contributed by atoms with van der Waals surface area (Å²) in [6.07, 6.45) is 5.56. The average molecular weight is 196 g/mol. The van der Waals surface area contributed by atoms with Crippen molar-refractivity contribution in [3.63, 3.8) is 0 Å². The maximum Gasteiger partial charge on any atom is 0.158 e. The Balaban J connectivity index is 2.13. The Hall–Kier alpha value is -0.630. The Labute approximate surface area is 86.3 Å². The number of ketones is 1. The van der Waals surface area contributed by atoms with E-state index in [0.717, 1.165) is 37.9 Å². The number of allylic oxidation sites excluding steroid dienone is 2. The van der Waals surface area contributed by atoms with Gasteiger partial charge in [0.25, 0.3) is 0 Å². The van der Waals surface area contributed by atoms with Crippen molar-refractivity contribution in [1.82, 2.24) is 0 Å². The molecule has 0 spiro atoms. The van der Waals surface area contributed by atoms with E-state index in [2.05, 4.69) is 6.08 Å². The van der Waals surface area contributed by atoms with Crippen molar-refractivity contribution >= 4 is 5.78 Å². The van der Waals surface area contributed by atoms with Crippen molar-refractivity contribution in [2.75, 3.05) is 6.61 Å². The molecule has 0 N–H and O–H groups in total. The Morgan fingerprint density at radius 1 is 1.43 bits per heavy atom. The lowest BCUT2D eigenvalue weighted by Gasteiger charge is -2.19. The first-order valence-corrected chi connectivity index (χ1v) is 5.35. The fourth-order valence-electron chi connectivity index (χ4n) is 1.53. The lowest BCUT2D eigenvalue weighted by Crippen LogP contribution is -2.19. The van der Waals surface area contributed by atoms with Crippen LogP contribution < -0.4 is 0 Å². The van der Waals surface area contributed by atoms with Gasteiger partial charge in [-0.1, -0.05) is 6.08 Å². The molecule has 2 heteroatoms. The van der Waals surface area contributed by atoms with E-state index in [1.807, 2.05) is 20.8 Å². The first kappa shape index (κ1) is 11.4. The molecule has 0 aromatic rings. The summed E-state index contributed by atoms with van der Waals surface area (Å²) in [6, 6.07) is 0. The van der Waals surface area contributed by atoms with Crippen molar-refractivity contribution in [3.8, 4) is 0 Å². The summed E-state index contributed by atoms with van der Waals surface area (Å²) < 4.78 is 5.59. The molecule has 0 saturated carbocycles. The molecule has 80 valence electrons. The number of hydrogen-bond donors (Lipinski definition) is 0. The molecule has 0 aromatic carbocycles. The number of carbonyl (C=O) groups excluding carboxylic acids is 1. The predicted molar refractivity (Wildman–Crippen MR) is 57.3 cm³/mol. The van der Waals surface area contributed by atoms with E-state index in [1.165, 1.54) is 0 Å². The van der Waals surface area contributed by atoms with Gasteiger partial charge < -0.3 is 4.74 Å². The van der Waals surface area contributed by atoms with E-state index in [0.29, 0.717) is 5.78 Å². The standard InChI is InChI=1S/C12H20O2/c1-12(2,3)14-9-5-7-10-6-4-8-11(10)13/h6H,4-5,7-9H2,1-3H3. The summed E-state index contributed by atoms with van der Waals surface area (Å²) in [6.45, 7) is 6.89. The third-order valence-electron chi connectivity index (χ3n) is 2.25. The summed E-state index contributed by atoms with van der Waals surface area (Å²) in [5, 5.41) is 0. The average Bonchev–Trinajstić information content (AvgIpc) is 2.44. The van der Waals surface area contributed by atoms with Gasteiger partial charge in [-0.05, 0) is 45.6 Å². The van der Waals surface area contributed by atoms with Crippen LogP contribution in [0.4, 0.5) is 0 Å². The second-order valence-electron chi connectivity index (χ2n) is 4.76. The molecule has 14 heavy (non-hydrogen) atoms. The van der Waals surface area contributed by atoms with E-state index in [-0.39, 0.29) is 5.60 Å². The van der Waals surface area contributed by atoms with Gasteiger partial charge in [0, 0.05) is 13.0 Å². The minimum absolute atomic E-state index is 0.0614. The molecule has 0 aliphatic heterocycles. The number of rotatable bonds is 4. The second-order valence-corrected chi connectivity index (χ2v) is 4.76. The topological polar surface area (TPSA) is 26.3 Å². The minimum atomic E-state index is -0.0614. The predicted octanol–water partition coefficient (Wildman–Crippen LogP) is 2.87. The quantitative estimate of drug-likeness (QED) is 0.646. The number of ether oxygens (including phenoxy) is 1. The van der Waals surface area contributed by atoms with Crippen LogP contribution in [0.2, 0.25) is 0 Å². The van der Waals surface area contributed by atoms with E-state index in [4.69, 9.17) is 4.74 Å². The lowest BCUT2D eigenvalue weighted by molar-refractivity contribution is -0.115. The van der Waals surface area contributed by atoms with Crippen molar-refractivity contribution in [3.05, 3.63) is 11.6 Å². The monoisotopic (exact) mass is 196 g/mol. The van der Waals surface area contributed by atoms with Crippen LogP contribution >= 0.6 is 0 Å². The molecule has 0 aromatic heterocycles. The van der Waals surface area contributed by atoms with Crippen LogP contribution in [0, 0.1) is 0 Å². The van der Waals surface area contributed by atoms with Gasteiger partial charge in [-0.3, -0.25) is 4.79 Å². The summed E-state index contributed by atoms with van der Waals surface area (Å²) in [5.41, 5.74) is 0.955. The lowest BCUT2D eigenvalue weighted by atomic mass is 10.1. The smallest absolute Gasteiger partial charge is 0.158 e. The zero-order valence-corrected chi connectivity index (χ0v) is 9.43. The molecule has 1 aliphatic rings. The van der Waals surface area contributed by atoms with Gasteiger partial charge in [-0.25, -0.2) is 0 Å². The molecule has 1 aliphatic carbocycles. The molecule has 2 nitrogen and oxygen atoms in total. The highest BCUT2D eigenvalue weighted by Crippen LogP contribution is 2.19. The van der Waals surface area contributed by atoms with Gasteiger partial charge in [-0.2, -0.15) is 0 Å². The zero-order valence-electron chi connectivity index (χ0n) is 9.43. The molecule has 0 saturated heterocycles. The summed E-state index contributed by atoms with van der Waals surface area (Å²) in [7, 11) is 0. The Bertz CT molecular complexity index is 233. The second kappa shape index (κ2) is 4.74. The third-order valence-corrected chi connectivity index (χ3v) is 2.25. The van der Waals surface area contributed by atoms with Crippen molar-refractivity contribution < 1.29 is 9.53 Å². The summed E-state index contributed by atoms with van der Waals surface area (Å²) in [4.78, 5) is 11.3. The van der Waals surface area contributed by atoms with E-state index in [1.54, 1.807) is 0 Å². The van der Waals surface area contributed by atoms with Crippen molar-refractivity contribution in [2.45, 2.75) is 52.1 Å². The third kappa shape index (κ3) is 4.05. The van der Waals surface area contributed by atoms with Crippen LogP contribution in [0.1, 0.15) is 46.5 Å². The van der Waals surface area contributed by atoms with Crippen LogP contribution in [0.3, 0.4) is 0 Å². The summed E-state index contributed by atoms with van der Waals surface area (Å²) >= 11 is 0. The van der Waals surface area contributed by atoms with Gasteiger partial charge in [0.05, 0.1) is 5.60 Å². The van der Waals surface area contributed by atoms with Gasteiger partial charge >= 0.3 is 0 Å². The largest absolute Gasteiger partial charge is 0.376 e. The van der Waals surface area contributed by atoms with Crippen LogP contribution in [-0.4, -0.2) is 18.0 Å². The van der Waals surface area contributed by atoms with Gasteiger partial charge in [-0.15, -0.1) is 0 Å². The van der Waals surface area contributed by atoms with E-state index >= 15 is 0 Å². The molecule has 0 atom stereocenters. The minimum Gasteiger partial charge on any atom is -0.376 e. The molecular weight excluding hydrogens is 176 g/mol. The van der Waals surface area contributed by atoms with Crippen molar-refractivity contribution in [2.24, 2.45) is 0 Å². The Morgan fingerprint density at radius 3 is 2.64 bits per heavy atom. The van der Waals surface area contributed by atoms with E-state index in [9.17, 15) is 4.79 Å². The van der Waals surface area contributed by atoms with Crippen LogP contribution in [-0.2, 0) is 9.53 Å². The SMILES string of the molecule is CC(C)(C)OCCCC1=CCCC1=O. The van der Waals surface area contributed by atoms with Crippen LogP contribution in [0.25, 0.3) is 0 Å². The van der Waals surface area contributed by atoms with Crippen molar-refractivity contribution in [1.29, 1.82) is 0 Å². The maximum absolute atomic E-state index is 11.3. The molecule has 0 heterocycles. The molecule has 0 bridgehead atoms. The van der Waals surface area contributed by atoms with Gasteiger partial charge in [0.15, 0.2) is 5.78 Å². The first-order chi connectivity index (χ1) is 6.49. The normalized spacial score (nSPS) is 17.4. The highest BCUT2D eigenvalue weighted by Gasteiger charge is 2.15. The number of hydrogen-bond acceptors (Lipinski definition) is 2. The molecule has 1 rings (SSSR count). The number of Topliss-reactive ketones (excluding diaryl/α,β-unsaturated/α-hetero) is 1. The molecule has 0 unspecified atom stereocenters. The molecule has 0 fully saturated rings. The zero-order chi connectivity index (χ0) is 10.6. The van der Waals surface area contributed by atoms with Gasteiger partial charge in [0.2, 0.25) is 0 Å². The van der Waals surface area contributed by atoms with E-state index < -0.39 is 0 Å². The summed E-state index contributed by atoms with van der Waals surface area (Å²) in [5.74, 6) is 0.334. The Kier molecular flexibility index (Phi) is 3.87. The molecular formula is C12H20O2. The fourth-order valence-corrected chi connectivity index (χ4v) is 1.53. The van der Waals surface area contributed by atoms with Crippen LogP contribution in [0.15, 0.2) is 11.6 Å². The molecule has 0 radical (unpaired) electrons. The Morgan fingerprint density at radius 2 is 2.14 bits per heavy atom. The van der Waals surface area contributed by atoms with Gasteiger partial charge in [0.1, 0.15) is 0 Å². The maximum atomic E-state index is 11.3.